The van der Waals surface area contributed by atoms with Crippen molar-refractivity contribution >= 4 is 56.3 Å². The molecule has 0 bridgehead atoms. The molecule has 0 saturated carbocycles. The molecule has 4 aromatic carbocycles. The molecule has 0 atom stereocenters. The van der Waals surface area contributed by atoms with Crippen LogP contribution in [0.25, 0.3) is 0 Å². The summed E-state index contributed by atoms with van der Waals surface area (Å²) >= 11 is 0. The zero-order chi connectivity index (χ0) is 27.2. The maximum Gasteiger partial charge on any atom is 0.103 e. The smallest absolute Gasteiger partial charge is 0.103 e. The fraction of sp³-hybridized carbons (Fsp3) is 0. The van der Waals surface area contributed by atoms with E-state index in [0.29, 0.717) is 0 Å². The molecule has 0 radical (unpaired) electrons. The Balaban J connectivity index is 1.57. The molecule has 0 N–H and O–H groups in total. The number of hydrogen-bond donors (Lipinski definition) is 0. The van der Waals surface area contributed by atoms with Gasteiger partial charge < -0.3 is 0 Å². The predicted octanol–water partition coefficient (Wildman–Crippen LogP) is 9.22. The summed E-state index contributed by atoms with van der Waals surface area (Å²) < 4.78 is 10.00. The third-order valence-electron chi connectivity index (χ3n) is 7.37. The van der Waals surface area contributed by atoms with Gasteiger partial charge >= 0.3 is 0 Å². The molecular weight excluding hydrogens is 524 g/mol. The number of nitrogens with zero attached hydrogens (tertiary/aromatic N) is 6. The molecule has 2 aliphatic heterocycles. The van der Waals surface area contributed by atoms with Crippen LogP contribution in [-0.2, 0) is 0 Å². The molecular formula is C34H26N6S. The van der Waals surface area contributed by atoms with Gasteiger partial charge in [0.05, 0.1) is 57.9 Å². The summed E-state index contributed by atoms with van der Waals surface area (Å²) in [5.74, 6) is 0. The fourth-order valence-electron chi connectivity index (χ4n) is 5.81. The van der Waals surface area contributed by atoms with Crippen LogP contribution in [0.2, 0.25) is 0 Å². The van der Waals surface area contributed by atoms with Crippen molar-refractivity contribution in [2.24, 2.45) is 0 Å². The molecule has 0 amide bonds. The van der Waals surface area contributed by atoms with Crippen LogP contribution < -0.4 is 17.2 Å². The lowest BCUT2D eigenvalue weighted by molar-refractivity contribution is 1.29. The molecule has 7 heteroatoms. The molecule has 0 fully saturated rings. The monoisotopic (exact) mass is 550 g/mol. The van der Waals surface area contributed by atoms with Crippen LogP contribution in [0.15, 0.2) is 158 Å². The van der Waals surface area contributed by atoms with E-state index in [1.54, 1.807) is 0 Å². The average Bonchev–Trinajstić information content (AvgIpc) is 3.51. The third-order valence-corrected chi connectivity index (χ3v) is 11.0. The molecule has 6 nitrogen and oxygen atoms in total. The van der Waals surface area contributed by atoms with Gasteiger partial charge in [0.1, 0.15) is 10.8 Å². The molecule has 1 spiro atoms. The summed E-state index contributed by atoms with van der Waals surface area (Å²) in [6.07, 6.45) is 7.76. The van der Waals surface area contributed by atoms with Crippen molar-refractivity contribution in [3.8, 4) is 0 Å². The van der Waals surface area contributed by atoms with Crippen LogP contribution in [0.5, 0.6) is 0 Å². The van der Waals surface area contributed by atoms with Gasteiger partial charge in [-0.2, -0.15) is 0 Å². The zero-order valence-electron chi connectivity index (χ0n) is 22.1. The Hall–Kier alpha value is -5.27. The highest BCUT2D eigenvalue weighted by molar-refractivity contribution is 8.39. The minimum absolute atomic E-state index is 1.04. The van der Waals surface area contributed by atoms with Gasteiger partial charge in [-0.25, -0.2) is 0 Å². The van der Waals surface area contributed by atoms with Crippen LogP contribution in [0.3, 0.4) is 0 Å². The van der Waals surface area contributed by atoms with E-state index in [2.05, 4.69) is 161 Å². The van der Waals surface area contributed by atoms with Gasteiger partial charge in [0, 0.05) is 12.4 Å². The number of hydrogen-bond acceptors (Lipinski definition) is 6. The second-order valence-corrected chi connectivity index (χ2v) is 12.2. The maximum absolute atomic E-state index is 4.66. The van der Waals surface area contributed by atoms with Gasteiger partial charge in [-0.3, -0.25) is 27.2 Å². The second kappa shape index (κ2) is 9.43. The SMILES string of the molecule is c1ccc(N2c3ccncc3N(c3ccccc3)S23N(c2ccccc2)c2ccncc2N3c2ccccc2)cc1. The lowest BCUT2D eigenvalue weighted by atomic mass is 10.2. The standard InChI is InChI=1S/C34H26N6S/c1-5-13-27(14-6-1)37-31-21-23-35-25-33(31)39(29-17-9-3-10-18-29)41(37)38(28-15-7-2-8-16-28)32-22-24-36-26-34(32)40(41)30-19-11-4-12-20-30/h1-26H. The van der Waals surface area contributed by atoms with Crippen LogP contribution in [0, 0.1) is 0 Å². The van der Waals surface area contributed by atoms with E-state index in [1.165, 1.54) is 0 Å². The summed E-state index contributed by atoms with van der Waals surface area (Å²) in [4.78, 5) is 9.31. The van der Waals surface area contributed by atoms with E-state index in [-0.39, 0.29) is 0 Å². The largest absolute Gasteiger partial charge is 0.262 e. The summed E-state index contributed by atoms with van der Waals surface area (Å²) in [6, 6.07) is 46.9. The van der Waals surface area contributed by atoms with Crippen LogP contribution in [0.1, 0.15) is 0 Å². The Morgan fingerprint density at radius 2 is 0.634 bits per heavy atom. The predicted molar refractivity (Wildman–Crippen MR) is 170 cm³/mol. The lowest BCUT2D eigenvalue weighted by Crippen LogP contribution is -2.45. The van der Waals surface area contributed by atoms with E-state index >= 15 is 0 Å². The number of benzene rings is 4. The van der Waals surface area contributed by atoms with Crippen molar-refractivity contribution < 1.29 is 0 Å². The first-order chi connectivity index (χ1) is 20.4. The fourth-order valence-corrected chi connectivity index (χ4v) is 10.1. The van der Waals surface area contributed by atoms with E-state index in [4.69, 9.17) is 0 Å². The summed E-state index contributed by atoms with van der Waals surface area (Å²) in [7, 11) is -2.37. The molecule has 198 valence electrons. The molecule has 0 aliphatic carbocycles. The highest BCUT2D eigenvalue weighted by Gasteiger charge is 2.61. The van der Waals surface area contributed by atoms with E-state index in [9.17, 15) is 0 Å². The summed E-state index contributed by atoms with van der Waals surface area (Å²) in [6.45, 7) is 0. The minimum Gasteiger partial charge on any atom is -0.262 e. The molecule has 4 heterocycles. The van der Waals surface area contributed by atoms with Gasteiger partial charge in [-0.1, -0.05) is 72.8 Å². The first-order valence-corrected chi connectivity index (χ1v) is 15.0. The van der Waals surface area contributed by atoms with Crippen molar-refractivity contribution in [2.45, 2.75) is 0 Å². The first kappa shape index (κ1) is 23.6. The highest BCUT2D eigenvalue weighted by atomic mass is 32.3. The van der Waals surface area contributed by atoms with Gasteiger partial charge in [0.2, 0.25) is 0 Å². The minimum atomic E-state index is -2.37. The molecule has 0 saturated heterocycles. The summed E-state index contributed by atoms with van der Waals surface area (Å²) in [5.41, 5.74) is 8.61. The van der Waals surface area contributed by atoms with Crippen molar-refractivity contribution in [1.29, 1.82) is 0 Å². The molecule has 0 unspecified atom stereocenters. The molecule has 8 rings (SSSR count). The van der Waals surface area contributed by atoms with Crippen LogP contribution in [0.4, 0.5) is 45.5 Å². The number of rotatable bonds is 4. The Kier molecular flexibility index (Phi) is 5.43. The Morgan fingerprint density at radius 1 is 0.341 bits per heavy atom. The van der Waals surface area contributed by atoms with Crippen molar-refractivity contribution in [3.63, 3.8) is 0 Å². The van der Waals surface area contributed by atoms with E-state index in [0.717, 1.165) is 45.5 Å². The van der Waals surface area contributed by atoms with Gasteiger partial charge in [0.25, 0.3) is 0 Å². The molecule has 6 aromatic rings. The van der Waals surface area contributed by atoms with Gasteiger partial charge in [0.15, 0.2) is 0 Å². The maximum atomic E-state index is 4.66. The molecule has 41 heavy (non-hydrogen) atoms. The van der Waals surface area contributed by atoms with Gasteiger partial charge in [-0.15, -0.1) is 0 Å². The average molecular weight is 551 g/mol. The molecule has 2 aromatic heterocycles. The third kappa shape index (κ3) is 3.39. The summed E-state index contributed by atoms with van der Waals surface area (Å²) in [5, 5.41) is 0. The lowest BCUT2D eigenvalue weighted by Gasteiger charge is -2.56. The Labute approximate surface area is 241 Å². The normalized spacial score (nSPS) is 15.6. The number of aromatic nitrogens is 2. The van der Waals surface area contributed by atoms with Crippen molar-refractivity contribution in [1.82, 2.24) is 9.97 Å². The zero-order valence-corrected chi connectivity index (χ0v) is 22.9. The highest BCUT2D eigenvalue weighted by Crippen LogP contribution is 2.81. The van der Waals surface area contributed by atoms with E-state index in [1.807, 2.05) is 24.8 Å². The first-order valence-electron chi connectivity index (χ1n) is 13.5. The number of para-hydroxylation sites is 4. The van der Waals surface area contributed by atoms with Crippen LogP contribution in [-0.4, -0.2) is 9.97 Å². The Bertz CT molecular complexity index is 1550. The van der Waals surface area contributed by atoms with Gasteiger partial charge in [-0.05, 0) is 60.7 Å². The van der Waals surface area contributed by atoms with E-state index < -0.39 is 10.8 Å². The number of pyridine rings is 2. The Morgan fingerprint density at radius 3 is 0.951 bits per heavy atom. The van der Waals surface area contributed by atoms with Crippen LogP contribution >= 0.6 is 10.8 Å². The second-order valence-electron chi connectivity index (χ2n) is 9.74. The van der Waals surface area contributed by atoms with Crippen molar-refractivity contribution in [2.75, 3.05) is 17.2 Å². The quantitative estimate of drug-likeness (QED) is 0.218. The number of anilines is 8. The van der Waals surface area contributed by atoms with Crippen molar-refractivity contribution in [3.05, 3.63) is 158 Å². The topological polar surface area (TPSA) is 38.7 Å². The molecule has 2 aliphatic rings. The number of fused-ring (bicyclic) bond motifs is 2.